The predicted molar refractivity (Wildman–Crippen MR) is 315 cm³/mol. The number of rotatable bonds is 6. The fourth-order valence-electron chi connectivity index (χ4n) is 12.4. The number of hydrogen-bond acceptors (Lipinski definition) is 3. The first-order valence-corrected chi connectivity index (χ1v) is 26.0. The van der Waals surface area contributed by atoms with Gasteiger partial charge in [0, 0.05) is 65.8 Å². The van der Waals surface area contributed by atoms with Crippen molar-refractivity contribution in [3.63, 3.8) is 0 Å². The van der Waals surface area contributed by atoms with Crippen molar-refractivity contribution in [1.29, 1.82) is 0 Å². The molecule has 0 unspecified atom stereocenters. The molecule has 0 saturated carbocycles. The van der Waals surface area contributed by atoms with Crippen LogP contribution in [0.15, 0.2) is 212 Å². The molecule has 0 bridgehead atoms. The molecular weight excluding hydrogens is 899 g/mol. The van der Waals surface area contributed by atoms with Crippen molar-refractivity contribution < 1.29 is 0 Å². The number of nitrogens with zero attached hydrogens (tertiary/aromatic N) is 5. The van der Waals surface area contributed by atoms with Crippen LogP contribution in [0.3, 0.4) is 0 Å². The van der Waals surface area contributed by atoms with Crippen LogP contribution >= 0.6 is 0 Å². The minimum absolute atomic E-state index is 0.123. The molecule has 0 N–H and O–H groups in total. The van der Waals surface area contributed by atoms with Crippen LogP contribution < -0.4 is 9.80 Å². The minimum atomic E-state index is -0.124. The lowest BCUT2D eigenvalue weighted by Crippen LogP contribution is -2.15. The van der Waals surface area contributed by atoms with Crippen molar-refractivity contribution in [2.45, 2.75) is 52.4 Å². The predicted octanol–water partition coefficient (Wildman–Crippen LogP) is 19.2. The fraction of sp³-hybridized carbons (Fsp3) is 0.116. The lowest BCUT2D eigenvalue weighted by Gasteiger charge is -2.29. The summed E-state index contributed by atoms with van der Waals surface area (Å²) in [5.74, 6) is 0. The molecule has 0 fully saturated rings. The Hall–Kier alpha value is -8.93. The quantitative estimate of drug-likeness (QED) is 0.166. The second-order valence-electron chi connectivity index (χ2n) is 22.4. The van der Waals surface area contributed by atoms with Gasteiger partial charge in [-0.15, -0.1) is 0 Å². The Labute approximate surface area is 429 Å². The van der Waals surface area contributed by atoms with Gasteiger partial charge in [0.25, 0.3) is 0 Å². The molecule has 0 spiro atoms. The smallest absolute Gasteiger partial charge is 0.146 e. The van der Waals surface area contributed by atoms with Crippen LogP contribution in [0.5, 0.6) is 0 Å². The van der Waals surface area contributed by atoms with Crippen LogP contribution in [0.4, 0.5) is 34.1 Å². The molecule has 0 atom stereocenters. The number of hydrogen-bond donors (Lipinski definition) is 0. The van der Waals surface area contributed by atoms with Gasteiger partial charge in [0.15, 0.2) is 0 Å². The summed E-state index contributed by atoms with van der Waals surface area (Å²) >= 11 is 0. The van der Waals surface area contributed by atoms with E-state index in [0.29, 0.717) is 0 Å². The van der Waals surface area contributed by atoms with Gasteiger partial charge >= 0.3 is 0 Å². The van der Waals surface area contributed by atoms with Crippen molar-refractivity contribution in [1.82, 2.24) is 13.8 Å². The van der Waals surface area contributed by atoms with Crippen molar-refractivity contribution in [3.8, 4) is 0 Å². The van der Waals surface area contributed by atoms with Gasteiger partial charge in [-0.2, -0.15) is 0 Å². The van der Waals surface area contributed by atoms with Crippen molar-refractivity contribution >= 4 is 132 Å². The van der Waals surface area contributed by atoms with E-state index in [-0.39, 0.29) is 10.8 Å². The molecule has 0 saturated heterocycles. The zero-order chi connectivity index (χ0) is 49.8. The van der Waals surface area contributed by atoms with E-state index in [4.69, 9.17) is 4.98 Å². The Morgan fingerprint density at radius 2 is 0.784 bits per heavy atom. The molecule has 5 aromatic heterocycles. The Morgan fingerprint density at radius 3 is 1.34 bits per heavy atom. The molecule has 5 heterocycles. The third-order valence-electron chi connectivity index (χ3n) is 15.9. The summed E-state index contributed by atoms with van der Waals surface area (Å²) in [4.78, 5) is 11.1. The molecule has 0 aliphatic rings. The molecule has 74 heavy (non-hydrogen) atoms. The zero-order valence-electron chi connectivity index (χ0n) is 42.4. The molecule has 15 rings (SSSR count). The molecular formula is C69H53N5. The highest BCUT2D eigenvalue weighted by atomic mass is 15.2. The lowest BCUT2D eigenvalue weighted by molar-refractivity contribution is 0.591. The van der Waals surface area contributed by atoms with Crippen LogP contribution in [0.1, 0.15) is 52.7 Å². The van der Waals surface area contributed by atoms with E-state index in [1.54, 1.807) is 0 Å². The summed E-state index contributed by atoms with van der Waals surface area (Å²) in [6, 6.07) is 78.5. The third-order valence-corrected chi connectivity index (χ3v) is 15.9. The Bertz CT molecular complexity index is 4630. The van der Waals surface area contributed by atoms with E-state index in [9.17, 15) is 0 Å². The summed E-state index contributed by atoms with van der Waals surface area (Å²) in [6.07, 6.45) is 0. The summed E-state index contributed by atoms with van der Waals surface area (Å²) in [5, 5.41) is 13.3. The van der Waals surface area contributed by atoms with Gasteiger partial charge in [-0.25, -0.2) is 4.98 Å². The highest BCUT2D eigenvalue weighted by molar-refractivity contribution is 6.34. The topological polar surface area (TPSA) is 28.2 Å². The van der Waals surface area contributed by atoms with E-state index in [1.165, 1.54) is 81.5 Å². The largest absolute Gasteiger partial charge is 0.308 e. The van der Waals surface area contributed by atoms with Gasteiger partial charge in [-0.3, -0.25) is 4.40 Å². The van der Waals surface area contributed by atoms with E-state index < -0.39 is 0 Å². The van der Waals surface area contributed by atoms with Gasteiger partial charge in [0.05, 0.1) is 44.5 Å². The van der Waals surface area contributed by atoms with Gasteiger partial charge in [0.1, 0.15) is 5.65 Å². The second-order valence-corrected chi connectivity index (χ2v) is 22.4. The maximum atomic E-state index is 6.14. The minimum Gasteiger partial charge on any atom is -0.308 e. The first-order chi connectivity index (χ1) is 36.0. The van der Waals surface area contributed by atoms with Crippen LogP contribution in [0, 0.1) is 0 Å². The number of fused-ring (bicyclic) bond motifs is 15. The molecule has 0 aliphatic carbocycles. The zero-order valence-corrected chi connectivity index (χ0v) is 42.4. The molecule has 0 amide bonds. The van der Waals surface area contributed by atoms with E-state index >= 15 is 0 Å². The monoisotopic (exact) mass is 951 g/mol. The van der Waals surface area contributed by atoms with E-state index in [2.05, 4.69) is 272 Å². The number of aromatic nitrogens is 3. The fourth-order valence-corrected chi connectivity index (χ4v) is 12.4. The van der Waals surface area contributed by atoms with Gasteiger partial charge in [0.2, 0.25) is 0 Å². The van der Waals surface area contributed by atoms with Crippen LogP contribution in [-0.4, -0.2) is 13.8 Å². The van der Waals surface area contributed by atoms with Crippen LogP contribution in [0.25, 0.3) is 98.0 Å². The normalized spacial score (nSPS) is 12.7. The number of pyridine rings is 1. The first-order valence-electron chi connectivity index (χ1n) is 26.0. The average Bonchev–Trinajstić information content (AvgIpc) is 4.17. The van der Waals surface area contributed by atoms with Crippen molar-refractivity contribution in [2.24, 2.45) is 0 Å². The summed E-state index contributed by atoms with van der Waals surface area (Å²) in [7, 11) is 0. The molecule has 0 radical (unpaired) electrons. The maximum Gasteiger partial charge on any atom is 0.146 e. The molecule has 5 heteroatoms. The molecule has 15 aromatic rings. The van der Waals surface area contributed by atoms with E-state index in [0.717, 1.165) is 61.7 Å². The Kier molecular flexibility index (Phi) is 8.83. The molecule has 5 nitrogen and oxygen atoms in total. The van der Waals surface area contributed by atoms with Gasteiger partial charge in [-0.05, 0) is 129 Å². The van der Waals surface area contributed by atoms with Crippen LogP contribution in [0.2, 0.25) is 0 Å². The number of benzene rings is 10. The summed E-state index contributed by atoms with van der Waals surface area (Å²) in [6.45, 7) is 14.0. The van der Waals surface area contributed by atoms with Gasteiger partial charge < -0.3 is 14.2 Å². The van der Waals surface area contributed by atoms with Crippen molar-refractivity contribution in [3.05, 3.63) is 223 Å². The third kappa shape index (κ3) is 6.01. The number of anilines is 6. The highest BCUT2D eigenvalue weighted by Gasteiger charge is 2.32. The first kappa shape index (κ1) is 42.7. The number of para-hydroxylation sites is 4. The SMILES string of the molecule is CC(C)(C)c1cc(N(c2ccccc2)c2ccccc2)c2c(c1)c1cc3ccccc3c3c4nc5c(cc4n2c13)c1cc(C(C)(C)C)cc2c3cc4ccccc4c(N(c4ccccc4)c4ccccc4)c3n5c12. The van der Waals surface area contributed by atoms with E-state index in [1.807, 2.05) is 0 Å². The Morgan fingerprint density at radius 1 is 0.351 bits per heavy atom. The Balaban J connectivity index is 1.18. The standard InChI is InChI=1S/C69H53N5/c1-68(2,3)44-37-54-53-36-43-24-20-22-34-51(43)65(72(48-29-15-9-16-30-48)49-31-17-10-18-32-49)66(53)74-62(54)56(38-44)57-41-58-61(70-67(57)74)60-50-33-21-19-23-42(50)35-52-55-39-45(69(4,5)6)40-59(63(55)73(58)64(52)60)71(46-25-11-7-12-26-46)47-27-13-8-14-28-47/h7-41H,1-6H3. The summed E-state index contributed by atoms with van der Waals surface area (Å²) < 4.78 is 5.11. The lowest BCUT2D eigenvalue weighted by atomic mass is 9.85. The molecule has 354 valence electrons. The van der Waals surface area contributed by atoms with Crippen LogP contribution in [-0.2, 0) is 10.8 Å². The van der Waals surface area contributed by atoms with Crippen molar-refractivity contribution in [2.75, 3.05) is 9.80 Å². The van der Waals surface area contributed by atoms with Gasteiger partial charge in [-0.1, -0.05) is 163 Å². The summed E-state index contributed by atoms with van der Waals surface area (Å²) in [5.41, 5.74) is 16.8. The molecule has 10 aromatic carbocycles. The highest BCUT2D eigenvalue weighted by Crippen LogP contribution is 2.53. The second kappa shape index (κ2) is 15.3. The molecule has 0 aliphatic heterocycles. The average molecular weight is 952 g/mol. The maximum absolute atomic E-state index is 6.14.